The molecule has 158 valence electrons. The van der Waals surface area contributed by atoms with Crippen LogP contribution in [0.15, 0.2) is 0 Å². The summed E-state index contributed by atoms with van der Waals surface area (Å²) in [5.74, 6) is -5.39. The zero-order valence-electron chi connectivity index (χ0n) is 14.9. The van der Waals surface area contributed by atoms with Crippen molar-refractivity contribution in [1.82, 2.24) is 15.5 Å². The average Bonchev–Trinajstić information content (AvgIpc) is 3.12. The summed E-state index contributed by atoms with van der Waals surface area (Å²) in [7, 11) is 0. The lowest BCUT2D eigenvalue weighted by molar-refractivity contribution is -0.150. The van der Waals surface area contributed by atoms with Gasteiger partial charge in [-0.05, 0) is 12.8 Å². The molecule has 1 fully saturated rings. The number of carbonyl (C=O) groups excluding carboxylic acids is 3. The Morgan fingerprint density at radius 2 is 1.57 bits per heavy atom. The molecule has 28 heavy (non-hydrogen) atoms. The maximum absolute atomic E-state index is 12.4. The van der Waals surface area contributed by atoms with E-state index >= 15 is 0 Å². The van der Waals surface area contributed by atoms with Crippen molar-refractivity contribution >= 4 is 29.7 Å². The zero-order valence-corrected chi connectivity index (χ0v) is 14.9. The highest BCUT2D eigenvalue weighted by Gasteiger charge is 2.38. The second-order valence-corrected chi connectivity index (χ2v) is 6.22. The van der Waals surface area contributed by atoms with Gasteiger partial charge in [0, 0.05) is 6.54 Å². The summed E-state index contributed by atoms with van der Waals surface area (Å²) in [6.45, 7) is -1.57. The molecule has 1 aliphatic heterocycles. The summed E-state index contributed by atoms with van der Waals surface area (Å²) in [4.78, 5) is 59.2. The predicted molar refractivity (Wildman–Crippen MR) is 90.6 cm³/mol. The van der Waals surface area contributed by atoms with Gasteiger partial charge in [0.15, 0.2) is 0 Å². The number of carbonyl (C=O) groups is 5. The normalized spacial score (nSPS) is 19.4. The average molecular weight is 404 g/mol. The van der Waals surface area contributed by atoms with Gasteiger partial charge in [0.1, 0.15) is 18.1 Å². The first-order valence-electron chi connectivity index (χ1n) is 8.45. The number of aliphatic carboxylic acids is 2. The number of likely N-dealkylation sites (tertiary alicyclic amines) is 1. The Bertz CT molecular complexity index is 627. The Labute approximate surface area is 159 Å². The van der Waals surface area contributed by atoms with E-state index in [9.17, 15) is 34.2 Å². The number of amides is 3. The van der Waals surface area contributed by atoms with Gasteiger partial charge in [-0.2, -0.15) is 0 Å². The van der Waals surface area contributed by atoms with Crippen molar-refractivity contribution in [2.24, 2.45) is 5.73 Å². The second-order valence-electron chi connectivity index (χ2n) is 6.22. The number of carboxylic acid groups (broad SMARTS) is 2. The molecule has 1 heterocycles. The highest BCUT2D eigenvalue weighted by molar-refractivity contribution is 5.95. The van der Waals surface area contributed by atoms with E-state index < -0.39 is 73.5 Å². The van der Waals surface area contributed by atoms with Crippen LogP contribution in [0.25, 0.3) is 0 Å². The molecule has 4 unspecified atom stereocenters. The molecule has 13 heteroatoms. The van der Waals surface area contributed by atoms with Crippen LogP contribution in [0, 0.1) is 0 Å². The van der Waals surface area contributed by atoms with Gasteiger partial charge in [-0.15, -0.1) is 0 Å². The quantitative estimate of drug-likeness (QED) is 0.186. The summed E-state index contributed by atoms with van der Waals surface area (Å²) in [5.41, 5.74) is 5.36. The largest absolute Gasteiger partial charge is 0.481 e. The number of aliphatic hydroxyl groups is 2. The summed E-state index contributed by atoms with van der Waals surface area (Å²) in [6, 6.07) is -5.56. The summed E-state index contributed by atoms with van der Waals surface area (Å²) in [6.07, 6.45) is -0.00949. The number of carboxylic acids is 2. The van der Waals surface area contributed by atoms with E-state index in [1.54, 1.807) is 0 Å². The fourth-order valence-corrected chi connectivity index (χ4v) is 2.70. The maximum atomic E-state index is 12.4. The van der Waals surface area contributed by atoms with Gasteiger partial charge in [-0.3, -0.25) is 19.2 Å². The number of hydrogen-bond acceptors (Lipinski definition) is 8. The number of nitrogens with zero attached hydrogens (tertiary/aromatic N) is 1. The molecule has 0 aromatic carbocycles. The molecule has 3 amide bonds. The van der Waals surface area contributed by atoms with Crippen molar-refractivity contribution in [1.29, 1.82) is 0 Å². The van der Waals surface area contributed by atoms with E-state index in [1.807, 2.05) is 5.32 Å². The van der Waals surface area contributed by atoms with Crippen molar-refractivity contribution in [3.8, 4) is 0 Å². The Hall–Kier alpha value is -2.77. The topological polar surface area (TPSA) is 220 Å². The minimum Gasteiger partial charge on any atom is -0.481 e. The molecule has 0 aliphatic carbocycles. The lowest BCUT2D eigenvalue weighted by atomic mass is 10.1. The van der Waals surface area contributed by atoms with Crippen LogP contribution < -0.4 is 16.4 Å². The Balaban J connectivity index is 2.75. The van der Waals surface area contributed by atoms with E-state index in [-0.39, 0.29) is 13.0 Å². The second kappa shape index (κ2) is 10.5. The standard InChI is InChI=1S/C15H24N4O9/c16-7(4-11(22)23)12(24)17-8(5-20)13(25)18-9(6-21)14(26)19-3-1-2-10(19)15(27)28/h7-10,20-21H,1-6,16H2,(H,17,24)(H,18,25)(H,22,23)(H,27,28). The fraction of sp³-hybridized carbons (Fsp3) is 0.667. The van der Waals surface area contributed by atoms with Crippen LogP contribution in [0.4, 0.5) is 0 Å². The van der Waals surface area contributed by atoms with E-state index in [4.69, 9.17) is 15.9 Å². The van der Waals surface area contributed by atoms with Crippen molar-refractivity contribution in [2.45, 2.75) is 43.4 Å². The van der Waals surface area contributed by atoms with Crippen molar-refractivity contribution in [3.63, 3.8) is 0 Å². The SMILES string of the molecule is NC(CC(=O)O)C(=O)NC(CO)C(=O)NC(CO)C(=O)N1CCCC1C(=O)O. The molecule has 8 N–H and O–H groups in total. The summed E-state index contributed by atoms with van der Waals surface area (Å²) < 4.78 is 0. The molecule has 1 saturated heterocycles. The molecule has 0 spiro atoms. The fourth-order valence-electron chi connectivity index (χ4n) is 2.70. The van der Waals surface area contributed by atoms with Crippen LogP contribution >= 0.6 is 0 Å². The van der Waals surface area contributed by atoms with Gasteiger partial charge in [0.2, 0.25) is 17.7 Å². The Morgan fingerprint density at radius 1 is 1.00 bits per heavy atom. The van der Waals surface area contributed by atoms with Gasteiger partial charge in [-0.1, -0.05) is 0 Å². The van der Waals surface area contributed by atoms with Gasteiger partial charge in [0.25, 0.3) is 0 Å². The number of aliphatic hydroxyl groups excluding tert-OH is 2. The smallest absolute Gasteiger partial charge is 0.326 e. The van der Waals surface area contributed by atoms with Gasteiger partial charge < -0.3 is 41.7 Å². The van der Waals surface area contributed by atoms with E-state index in [0.717, 1.165) is 4.90 Å². The minimum atomic E-state index is -1.55. The minimum absolute atomic E-state index is 0.145. The number of hydrogen-bond donors (Lipinski definition) is 7. The Kier molecular flexibility index (Phi) is 8.76. The zero-order chi connectivity index (χ0) is 21.4. The van der Waals surface area contributed by atoms with Crippen LogP contribution in [-0.2, 0) is 24.0 Å². The highest BCUT2D eigenvalue weighted by atomic mass is 16.4. The first kappa shape index (κ1) is 23.3. The third-order valence-corrected chi connectivity index (χ3v) is 4.16. The molecule has 4 atom stereocenters. The van der Waals surface area contributed by atoms with Crippen LogP contribution in [0.1, 0.15) is 19.3 Å². The van der Waals surface area contributed by atoms with Crippen LogP contribution in [-0.4, -0.2) is 98.9 Å². The molecule has 0 aromatic rings. The van der Waals surface area contributed by atoms with Crippen LogP contribution in [0.3, 0.4) is 0 Å². The van der Waals surface area contributed by atoms with Gasteiger partial charge in [0.05, 0.1) is 25.7 Å². The third-order valence-electron chi connectivity index (χ3n) is 4.16. The number of nitrogens with two attached hydrogens (primary N) is 1. The van der Waals surface area contributed by atoms with Gasteiger partial charge in [-0.25, -0.2) is 4.79 Å². The monoisotopic (exact) mass is 404 g/mol. The van der Waals surface area contributed by atoms with E-state index in [1.165, 1.54) is 0 Å². The summed E-state index contributed by atoms with van der Waals surface area (Å²) >= 11 is 0. The predicted octanol–water partition coefficient (Wildman–Crippen LogP) is -4.18. The van der Waals surface area contributed by atoms with Crippen molar-refractivity contribution in [3.05, 3.63) is 0 Å². The highest BCUT2D eigenvalue weighted by Crippen LogP contribution is 2.18. The molecule has 0 bridgehead atoms. The lowest BCUT2D eigenvalue weighted by Crippen LogP contribution is -2.59. The lowest BCUT2D eigenvalue weighted by Gasteiger charge is -2.27. The van der Waals surface area contributed by atoms with Crippen LogP contribution in [0.2, 0.25) is 0 Å². The summed E-state index contributed by atoms with van der Waals surface area (Å²) in [5, 5.41) is 40.6. The van der Waals surface area contributed by atoms with Crippen LogP contribution in [0.5, 0.6) is 0 Å². The molecular formula is C15H24N4O9. The molecule has 1 aliphatic rings. The first-order chi connectivity index (χ1) is 13.1. The Morgan fingerprint density at radius 3 is 2.07 bits per heavy atom. The molecule has 0 saturated carbocycles. The molecule has 0 radical (unpaired) electrons. The number of nitrogens with one attached hydrogen (secondary N) is 2. The third kappa shape index (κ3) is 6.14. The first-order valence-corrected chi connectivity index (χ1v) is 8.45. The van der Waals surface area contributed by atoms with E-state index in [0.29, 0.717) is 6.42 Å². The number of rotatable bonds is 10. The molecule has 1 rings (SSSR count). The van der Waals surface area contributed by atoms with Crippen molar-refractivity contribution in [2.75, 3.05) is 19.8 Å². The van der Waals surface area contributed by atoms with Gasteiger partial charge >= 0.3 is 11.9 Å². The van der Waals surface area contributed by atoms with E-state index in [2.05, 4.69) is 5.32 Å². The maximum Gasteiger partial charge on any atom is 0.326 e. The van der Waals surface area contributed by atoms with Crippen molar-refractivity contribution < 1.29 is 44.4 Å². The molecular weight excluding hydrogens is 380 g/mol. The molecule has 13 nitrogen and oxygen atoms in total. The molecule has 0 aromatic heterocycles.